The van der Waals surface area contributed by atoms with Gasteiger partial charge in [-0.3, -0.25) is 4.79 Å². The van der Waals surface area contributed by atoms with Crippen LogP contribution in [0.15, 0.2) is 17.1 Å². The summed E-state index contributed by atoms with van der Waals surface area (Å²) in [6.07, 6.45) is 1.75. The van der Waals surface area contributed by atoms with Gasteiger partial charge in [0.1, 0.15) is 6.54 Å². The second-order valence-corrected chi connectivity index (χ2v) is 4.43. The van der Waals surface area contributed by atoms with E-state index in [1.54, 1.807) is 19.2 Å². The largest absolute Gasteiger partial charge is 0.368 e. The molecule has 0 aromatic carbocycles. The topological polar surface area (TPSA) is 41.4 Å². The Kier molecular flexibility index (Phi) is 4.00. The van der Waals surface area contributed by atoms with Crippen LogP contribution in [0.25, 0.3) is 0 Å². The molecule has 0 N–H and O–H groups in total. The summed E-state index contributed by atoms with van der Waals surface area (Å²) in [6, 6.07) is 1.65. The van der Waals surface area contributed by atoms with E-state index < -0.39 is 0 Å². The molecule has 5 nitrogen and oxygen atoms in total. The van der Waals surface area contributed by atoms with Crippen LogP contribution < -0.4 is 10.5 Å². The number of hydrogen-bond donors (Lipinski definition) is 0. The molecule has 2 heterocycles. The standard InChI is InChI=1S/C13H18N4O/c1-3-4-5-17-13(18)10-12(11-14-17)16-8-6-15(2)7-9-16/h10-11H,5-9H2,1-2H3. The number of piperazine rings is 1. The van der Waals surface area contributed by atoms with Crippen molar-refractivity contribution in [2.75, 3.05) is 38.1 Å². The SMILES string of the molecule is CC#CCn1ncc(N2CCN(C)CC2)cc1=O. The van der Waals surface area contributed by atoms with Crippen molar-refractivity contribution >= 4 is 5.69 Å². The summed E-state index contributed by atoms with van der Waals surface area (Å²) in [6.45, 7) is 6.03. The van der Waals surface area contributed by atoms with Crippen LogP contribution in [0, 0.1) is 11.8 Å². The van der Waals surface area contributed by atoms with Crippen molar-refractivity contribution in [3.05, 3.63) is 22.6 Å². The highest BCUT2D eigenvalue weighted by Crippen LogP contribution is 2.11. The number of anilines is 1. The molecule has 1 aliphatic rings. The van der Waals surface area contributed by atoms with Gasteiger partial charge in [0.05, 0.1) is 11.9 Å². The lowest BCUT2D eigenvalue weighted by molar-refractivity contribution is 0.312. The van der Waals surface area contributed by atoms with Crippen molar-refractivity contribution in [2.24, 2.45) is 0 Å². The Hall–Kier alpha value is -1.80. The molecule has 0 atom stereocenters. The summed E-state index contributed by atoms with van der Waals surface area (Å²) >= 11 is 0. The minimum Gasteiger partial charge on any atom is -0.368 e. The second-order valence-electron chi connectivity index (χ2n) is 4.43. The first kappa shape index (κ1) is 12.7. The van der Waals surface area contributed by atoms with E-state index in [9.17, 15) is 4.79 Å². The lowest BCUT2D eigenvalue weighted by Gasteiger charge is -2.33. The Balaban J connectivity index is 2.12. The van der Waals surface area contributed by atoms with Gasteiger partial charge in [0.2, 0.25) is 0 Å². The molecule has 0 radical (unpaired) electrons. The van der Waals surface area contributed by atoms with Gasteiger partial charge in [0.15, 0.2) is 0 Å². The average Bonchev–Trinajstić information content (AvgIpc) is 2.38. The second kappa shape index (κ2) is 5.69. The molecule has 0 aliphatic carbocycles. The van der Waals surface area contributed by atoms with Gasteiger partial charge in [-0.15, -0.1) is 5.92 Å². The molecule has 1 aromatic rings. The molecular formula is C13H18N4O. The van der Waals surface area contributed by atoms with Crippen LogP contribution in [0.1, 0.15) is 6.92 Å². The predicted molar refractivity (Wildman–Crippen MR) is 71.7 cm³/mol. The number of rotatable bonds is 2. The summed E-state index contributed by atoms with van der Waals surface area (Å²) in [5.41, 5.74) is 0.822. The van der Waals surface area contributed by atoms with Gasteiger partial charge in [-0.1, -0.05) is 5.92 Å². The molecule has 2 rings (SSSR count). The molecule has 0 amide bonds. The summed E-state index contributed by atoms with van der Waals surface area (Å²) in [4.78, 5) is 16.3. The van der Waals surface area contributed by atoms with Gasteiger partial charge in [-0.05, 0) is 14.0 Å². The van der Waals surface area contributed by atoms with E-state index >= 15 is 0 Å². The maximum Gasteiger partial charge on any atom is 0.269 e. The van der Waals surface area contributed by atoms with Crippen molar-refractivity contribution in [1.29, 1.82) is 0 Å². The van der Waals surface area contributed by atoms with Crippen molar-refractivity contribution < 1.29 is 0 Å². The first-order chi connectivity index (χ1) is 8.70. The Morgan fingerprint density at radius 2 is 2.06 bits per heavy atom. The highest BCUT2D eigenvalue weighted by atomic mass is 16.1. The van der Waals surface area contributed by atoms with Gasteiger partial charge in [0.25, 0.3) is 5.56 Å². The number of likely N-dealkylation sites (N-methyl/N-ethyl adjacent to an activating group) is 1. The maximum atomic E-state index is 11.8. The fraction of sp³-hybridized carbons (Fsp3) is 0.538. The van der Waals surface area contributed by atoms with E-state index in [1.165, 1.54) is 4.68 Å². The van der Waals surface area contributed by atoms with E-state index in [0.29, 0.717) is 6.54 Å². The Bertz CT molecular complexity index is 518. The molecule has 5 heteroatoms. The molecule has 0 bridgehead atoms. The van der Waals surface area contributed by atoms with Crippen LogP contribution >= 0.6 is 0 Å². The Morgan fingerprint density at radius 1 is 1.33 bits per heavy atom. The summed E-state index contributed by atoms with van der Waals surface area (Å²) < 4.78 is 1.38. The van der Waals surface area contributed by atoms with Crippen LogP contribution in [-0.4, -0.2) is 47.9 Å². The minimum absolute atomic E-state index is 0.0887. The Labute approximate surface area is 107 Å². The Morgan fingerprint density at radius 3 is 2.67 bits per heavy atom. The van der Waals surface area contributed by atoms with E-state index in [0.717, 1.165) is 31.9 Å². The zero-order valence-electron chi connectivity index (χ0n) is 10.9. The predicted octanol–water partition coefficient (Wildman–Crippen LogP) is 0.0184. The highest BCUT2D eigenvalue weighted by molar-refractivity contribution is 5.43. The molecule has 1 fully saturated rings. The summed E-state index contributed by atoms with van der Waals surface area (Å²) in [5.74, 6) is 5.60. The first-order valence-electron chi connectivity index (χ1n) is 6.11. The maximum absolute atomic E-state index is 11.8. The molecule has 0 unspecified atom stereocenters. The third-order valence-electron chi connectivity index (χ3n) is 3.13. The number of aromatic nitrogens is 2. The van der Waals surface area contributed by atoms with Crippen LogP contribution in [0.4, 0.5) is 5.69 Å². The van der Waals surface area contributed by atoms with Crippen LogP contribution in [-0.2, 0) is 6.54 Å². The fourth-order valence-electron chi connectivity index (χ4n) is 1.93. The fourth-order valence-corrected chi connectivity index (χ4v) is 1.93. The van der Waals surface area contributed by atoms with Crippen molar-refractivity contribution in [3.8, 4) is 11.8 Å². The van der Waals surface area contributed by atoms with Crippen LogP contribution in [0.3, 0.4) is 0 Å². The number of hydrogen-bond acceptors (Lipinski definition) is 4. The van der Waals surface area contributed by atoms with E-state index in [4.69, 9.17) is 0 Å². The van der Waals surface area contributed by atoms with Gasteiger partial charge >= 0.3 is 0 Å². The van der Waals surface area contributed by atoms with Crippen molar-refractivity contribution in [3.63, 3.8) is 0 Å². The van der Waals surface area contributed by atoms with E-state index in [2.05, 4.69) is 33.8 Å². The molecule has 0 spiro atoms. The van der Waals surface area contributed by atoms with Crippen LogP contribution in [0.2, 0.25) is 0 Å². The summed E-state index contributed by atoms with van der Waals surface area (Å²) in [5, 5.41) is 4.16. The molecule has 1 saturated heterocycles. The van der Waals surface area contributed by atoms with Gasteiger partial charge in [-0.2, -0.15) is 5.10 Å². The number of nitrogens with zero attached hydrogens (tertiary/aromatic N) is 4. The van der Waals surface area contributed by atoms with E-state index in [-0.39, 0.29) is 5.56 Å². The molecule has 1 aromatic heterocycles. The zero-order chi connectivity index (χ0) is 13.0. The zero-order valence-corrected chi connectivity index (χ0v) is 10.9. The monoisotopic (exact) mass is 246 g/mol. The quantitative estimate of drug-likeness (QED) is 0.690. The van der Waals surface area contributed by atoms with Crippen LogP contribution in [0.5, 0.6) is 0 Å². The van der Waals surface area contributed by atoms with Crippen molar-refractivity contribution in [2.45, 2.75) is 13.5 Å². The highest BCUT2D eigenvalue weighted by Gasteiger charge is 2.15. The van der Waals surface area contributed by atoms with E-state index in [1.807, 2.05) is 0 Å². The molecular weight excluding hydrogens is 228 g/mol. The lowest BCUT2D eigenvalue weighted by atomic mass is 10.3. The molecule has 1 aliphatic heterocycles. The first-order valence-corrected chi connectivity index (χ1v) is 6.11. The third kappa shape index (κ3) is 2.90. The molecule has 0 saturated carbocycles. The van der Waals surface area contributed by atoms with Crippen molar-refractivity contribution in [1.82, 2.24) is 14.7 Å². The summed E-state index contributed by atoms with van der Waals surface area (Å²) in [7, 11) is 2.11. The molecule has 18 heavy (non-hydrogen) atoms. The smallest absolute Gasteiger partial charge is 0.269 e. The van der Waals surface area contributed by atoms with Gasteiger partial charge in [-0.25, -0.2) is 4.68 Å². The normalized spacial score (nSPS) is 16.2. The van der Waals surface area contributed by atoms with Gasteiger partial charge in [0, 0.05) is 32.2 Å². The lowest BCUT2D eigenvalue weighted by Crippen LogP contribution is -2.45. The minimum atomic E-state index is -0.0887. The third-order valence-corrected chi connectivity index (χ3v) is 3.13. The van der Waals surface area contributed by atoms with Gasteiger partial charge < -0.3 is 9.80 Å². The molecule has 96 valence electrons. The average molecular weight is 246 g/mol.